The SMILES string of the molecule is CC(C)CN1CCN(c2ccc(N3CCN(C(=O)NC4C5CC6CC(C5)CC4C6)c4ccccc43)nc2)CC1. The van der Waals surface area contributed by atoms with Crippen LogP contribution in [0.15, 0.2) is 42.6 Å². The van der Waals surface area contributed by atoms with Crippen molar-refractivity contribution in [1.82, 2.24) is 15.2 Å². The van der Waals surface area contributed by atoms with Crippen LogP contribution in [-0.4, -0.2) is 67.8 Å². The summed E-state index contributed by atoms with van der Waals surface area (Å²) in [6, 6.07) is 13.1. The lowest BCUT2D eigenvalue weighted by Crippen LogP contribution is -2.59. The van der Waals surface area contributed by atoms with Crippen molar-refractivity contribution in [2.24, 2.45) is 29.6 Å². The van der Waals surface area contributed by atoms with Gasteiger partial charge in [0.2, 0.25) is 0 Å². The van der Waals surface area contributed by atoms with Crippen LogP contribution in [0.1, 0.15) is 46.0 Å². The van der Waals surface area contributed by atoms with Gasteiger partial charge in [-0.2, -0.15) is 0 Å². The number of piperazine rings is 1. The minimum atomic E-state index is 0.0829. The van der Waals surface area contributed by atoms with Crippen molar-refractivity contribution >= 4 is 28.9 Å². The van der Waals surface area contributed by atoms with Crippen molar-refractivity contribution in [2.75, 3.05) is 60.5 Å². The summed E-state index contributed by atoms with van der Waals surface area (Å²) in [6.45, 7) is 11.5. The van der Waals surface area contributed by atoms with Crippen molar-refractivity contribution in [1.29, 1.82) is 0 Å². The zero-order valence-corrected chi connectivity index (χ0v) is 23.6. The lowest BCUT2D eigenvalue weighted by molar-refractivity contribution is -0.00911. The standard InChI is InChI=1S/C32H44N6O/c1-22(2)21-35-9-11-36(12-10-35)27-7-8-30(33-20-27)37-13-14-38(29-6-4-3-5-28(29)37)32(39)34-31-25-16-23-15-24(18-25)19-26(31)17-23/h3-8,20,22-26,31H,9-19,21H2,1-2H3,(H,34,39). The predicted octanol–water partition coefficient (Wildman–Crippen LogP) is 5.35. The summed E-state index contributed by atoms with van der Waals surface area (Å²) in [5.41, 5.74) is 3.24. The Bertz CT molecular complexity index is 1150. The Morgan fingerprint density at radius 1 is 0.872 bits per heavy atom. The second-order valence-electron chi connectivity index (χ2n) is 13.3. The fraction of sp³-hybridized carbons (Fsp3) is 0.625. The number of carbonyl (C=O) groups excluding carboxylic acids is 1. The molecule has 4 aliphatic carbocycles. The Kier molecular flexibility index (Phi) is 6.66. The molecule has 208 valence electrons. The number of fused-ring (bicyclic) bond motifs is 1. The number of rotatable bonds is 5. The Labute approximate surface area is 233 Å². The molecule has 8 rings (SSSR count). The average molecular weight is 529 g/mol. The monoisotopic (exact) mass is 528 g/mol. The van der Waals surface area contributed by atoms with Gasteiger partial charge in [0.1, 0.15) is 5.82 Å². The van der Waals surface area contributed by atoms with Crippen molar-refractivity contribution < 1.29 is 4.79 Å². The molecular weight excluding hydrogens is 484 g/mol. The van der Waals surface area contributed by atoms with Crippen molar-refractivity contribution in [3.8, 4) is 0 Å². The molecule has 2 amide bonds. The molecule has 1 N–H and O–H groups in total. The highest BCUT2D eigenvalue weighted by molar-refractivity contribution is 5.98. The third-order valence-corrected chi connectivity index (χ3v) is 10.1. The number of benzene rings is 1. The highest BCUT2D eigenvalue weighted by Gasteiger charge is 2.49. The maximum Gasteiger partial charge on any atom is 0.322 e. The summed E-state index contributed by atoms with van der Waals surface area (Å²) in [4.78, 5) is 27.8. The molecule has 3 heterocycles. The molecular formula is C32H44N6O. The quantitative estimate of drug-likeness (QED) is 0.567. The van der Waals surface area contributed by atoms with Crippen molar-refractivity contribution in [3.05, 3.63) is 42.6 Å². The molecule has 4 saturated carbocycles. The van der Waals surface area contributed by atoms with Crippen molar-refractivity contribution in [2.45, 2.75) is 52.0 Å². The number of anilines is 4. The molecule has 1 aromatic carbocycles. The first kappa shape index (κ1) is 25.2. The minimum absolute atomic E-state index is 0.0829. The lowest BCUT2D eigenvalue weighted by atomic mass is 9.54. The summed E-state index contributed by atoms with van der Waals surface area (Å²) in [7, 11) is 0. The van der Waals surface area contributed by atoms with E-state index in [-0.39, 0.29) is 6.03 Å². The van der Waals surface area contributed by atoms with E-state index in [1.807, 2.05) is 17.2 Å². The third kappa shape index (κ3) is 4.88. The second kappa shape index (κ2) is 10.3. The fourth-order valence-electron chi connectivity index (χ4n) is 8.62. The molecule has 1 saturated heterocycles. The van der Waals surface area contributed by atoms with Gasteiger partial charge in [-0.25, -0.2) is 9.78 Å². The molecule has 6 aliphatic rings. The van der Waals surface area contributed by atoms with E-state index >= 15 is 0 Å². The molecule has 1 aromatic heterocycles. The first-order valence-electron chi connectivity index (χ1n) is 15.4. The smallest absolute Gasteiger partial charge is 0.322 e. The molecule has 2 aromatic rings. The van der Waals surface area contributed by atoms with Crippen LogP contribution in [-0.2, 0) is 0 Å². The number of nitrogens with zero attached hydrogens (tertiary/aromatic N) is 5. The minimum Gasteiger partial charge on any atom is -0.368 e. The molecule has 0 radical (unpaired) electrons. The number of nitrogens with one attached hydrogen (secondary N) is 1. The van der Waals surface area contributed by atoms with Gasteiger partial charge in [0.05, 0.1) is 23.3 Å². The van der Waals surface area contributed by atoms with Crippen LogP contribution in [0.3, 0.4) is 0 Å². The Hall–Kier alpha value is -2.80. The number of urea groups is 1. The Morgan fingerprint density at radius 2 is 1.56 bits per heavy atom. The number of carbonyl (C=O) groups is 1. The summed E-state index contributed by atoms with van der Waals surface area (Å²) < 4.78 is 0. The number of pyridine rings is 1. The van der Waals surface area contributed by atoms with E-state index in [1.54, 1.807) is 0 Å². The van der Waals surface area contributed by atoms with Gasteiger partial charge >= 0.3 is 6.03 Å². The van der Waals surface area contributed by atoms with Crippen LogP contribution >= 0.6 is 0 Å². The van der Waals surface area contributed by atoms with E-state index in [1.165, 1.54) is 44.3 Å². The zero-order chi connectivity index (χ0) is 26.5. The molecule has 7 heteroatoms. The van der Waals surface area contributed by atoms with Gasteiger partial charge in [-0.1, -0.05) is 26.0 Å². The highest BCUT2D eigenvalue weighted by Crippen LogP contribution is 2.53. The molecule has 0 atom stereocenters. The van der Waals surface area contributed by atoms with Crippen LogP contribution < -0.4 is 20.0 Å². The topological polar surface area (TPSA) is 55.0 Å². The van der Waals surface area contributed by atoms with Gasteiger partial charge in [0.15, 0.2) is 0 Å². The maximum absolute atomic E-state index is 13.7. The predicted molar refractivity (Wildman–Crippen MR) is 158 cm³/mol. The van der Waals surface area contributed by atoms with Gasteiger partial charge in [0.25, 0.3) is 0 Å². The molecule has 4 bridgehead atoms. The molecule has 5 fully saturated rings. The summed E-state index contributed by atoms with van der Waals surface area (Å²) >= 11 is 0. The maximum atomic E-state index is 13.7. The van der Waals surface area contributed by atoms with E-state index in [9.17, 15) is 4.79 Å². The van der Waals surface area contributed by atoms with E-state index in [4.69, 9.17) is 4.98 Å². The Balaban J connectivity index is 1.03. The summed E-state index contributed by atoms with van der Waals surface area (Å²) in [5, 5.41) is 3.53. The average Bonchev–Trinajstić information content (AvgIpc) is 2.94. The fourth-order valence-corrected chi connectivity index (χ4v) is 8.62. The number of para-hydroxylation sites is 2. The first-order chi connectivity index (χ1) is 19.0. The molecule has 0 unspecified atom stereocenters. The van der Waals surface area contributed by atoms with E-state index in [0.717, 1.165) is 61.8 Å². The third-order valence-electron chi connectivity index (χ3n) is 10.1. The largest absolute Gasteiger partial charge is 0.368 e. The van der Waals surface area contributed by atoms with Gasteiger partial charge in [-0.05, 0) is 86.0 Å². The van der Waals surface area contributed by atoms with E-state index in [2.05, 4.69) is 64.2 Å². The molecule has 39 heavy (non-hydrogen) atoms. The Morgan fingerprint density at radius 3 is 2.21 bits per heavy atom. The summed E-state index contributed by atoms with van der Waals surface area (Å²) in [5.74, 6) is 4.86. The van der Waals surface area contributed by atoms with Gasteiger partial charge in [0, 0.05) is 51.9 Å². The molecule has 0 spiro atoms. The zero-order valence-electron chi connectivity index (χ0n) is 23.6. The summed E-state index contributed by atoms with van der Waals surface area (Å²) in [6.07, 6.45) is 8.74. The van der Waals surface area contributed by atoms with Crippen LogP contribution in [0.5, 0.6) is 0 Å². The molecule has 7 nitrogen and oxygen atoms in total. The normalized spacial score (nSPS) is 30.1. The van der Waals surface area contributed by atoms with Crippen LogP contribution in [0, 0.1) is 29.6 Å². The van der Waals surface area contributed by atoms with Crippen LogP contribution in [0.4, 0.5) is 27.7 Å². The highest BCUT2D eigenvalue weighted by atomic mass is 16.2. The first-order valence-corrected chi connectivity index (χ1v) is 15.4. The van der Waals surface area contributed by atoms with E-state index < -0.39 is 0 Å². The van der Waals surface area contributed by atoms with Crippen LogP contribution in [0.25, 0.3) is 0 Å². The molecule has 2 aliphatic heterocycles. The lowest BCUT2D eigenvalue weighted by Gasteiger charge is -2.54. The van der Waals surface area contributed by atoms with Crippen molar-refractivity contribution in [3.63, 3.8) is 0 Å². The van der Waals surface area contributed by atoms with Gasteiger partial charge in [-0.3, -0.25) is 9.80 Å². The number of amides is 2. The second-order valence-corrected chi connectivity index (χ2v) is 13.3. The van der Waals surface area contributed by atoms with Gasteiger partial charge < -0.3 is 15.1 Å². The number of hydrogen-bond acceptors (Lipinski definition) is 5. The number of hydrogen-bond donors (Lipinski definition) is 1. The number of aromatic nitrogens is 1. The van der Waals surface area contributed by atoms with Crippen LogP contribution in [0.2, 0.25) is 0 Å². The van der Waals surface area contributed by atoms with E-state index in [0.29, 0.717) is 30.3 Å². The van der Waals surface area contributed by atoms with Gasteiger partial charge in [-0.15, -0.1) is 0 Å².